The van der Waals surface area contributed by atoms with E-state index in [2.05, 4.69) is 19.2 Å². The zero-order valence-electron chi connectivity index (χ0n) is 11.9. The summed E-state index contributed by atoms with van der Waals surface area (Å²) in [5.74, 6) is 0.577. The molecule has 0 saturated carbocycles. The highest BCUT2D eigenvalue weighted by Gasteiger charge is 2.14. The topological polar surface area (TPSA) is 41.5 Å². The van der Waals surface area contributed by atoms with Crippen molar-refractivity contribution in [1.82, 2.24) is 5.32 Å². The van der Waals surface area contributed by atoms with E-state index in [0.29, 0.717) is 19.1 Å². The monoisotopic (exact) mass is 285 g/mol. The van der Waals surface area contributed by atoms with E-state index < -0.39 is 6.10 Å². The minimum Gasteiger partial charge on any atom is -0.389 e. The number of nitrogens with one attached hydrogen (secondary N) is 1. The molecule has 2 N–H and O–H groups in total. The van der Waals surface area contributed by atoms with E-state index in [-0.39, 0.29) is 6.04 Å². The van der Waals surface area contributed by atoms with Gasteiger partial charge in [0.05, 0.1) is 12.7 Å². The zero-order chi connectivity index (χ0) is 14.3. The minimum atomic E-state index is -0.480. The fourth-order valence-electron chi connectivity index (χ4n) is 2.03. The van der Waals surface area contributed by atoms with Crippen molar-refractivity contribution in [3.8, 4) is 0 Å². The van der Waals surface area contributed by atoms with Gasteiger partial charge >= 0.3 is 0 Å². The summed E-state index contributed by atoms with van der Waals surface area (Å²) in [6.07, 6.45) is 0.536. The van der Waals surface area contributed by atoms with Gasteiger partial charge in [0.1, 0.15) is 0 Å². The lowest BCUT2D eigenvalue weighted by atomic mass is 9.97. The number of benzene rings is 1. The zero-order valence-corrected chi connectivity index (χ0v) is 12.7. The molecule has 0 bridgehead atoms. The molecule has 1 aromatic carbocycles. The Labute approximate surface area is 120 Å². The Hall–Kier alpha value is -0.610. The molecule has 0 radical (unpaired) electrons. The van der Waals surface area contributed by atoms with Crippen molar-refractivity contribution in [1.29, 1.82) is 0 Å². The molecule has 2 atom stereocenters. The molecule has 0 aliphatic rings. The summed E-state index contributed by atoms with van der Waals surface area (Å²) in [6.45, 7) is 5.25. The maximum Gasteiger partial charge on any atom is 0.0897 e. The number of aliphatic hydroxyl groups is 1. The average molecular weight is 286 g/mol. The lowest BCUT2D eigenvalue weighted by Crippen LogP contribution is -2.33. The Balaban J connectivity index is 2.63. The van der Waals surface area contributed by atoms with Crippen LogP contribution < -0.4 is 5.32 Å². The number of ether oxygens (including phenoxy) is 1. The summed E-state index contributed by atoms with van der Waals surface area (Å²) >= 11 is 5.91. The van der Waals surface area contributed by atoms with Gasteiger partial charge in [-0.1, -0.05) is 37.6 Å². The van der Waals surface area contributed by atoms with E-state index in [0.717, 1.165) is 11.4 Å². The standard InChI is InChI=1S/C15H24ClNO2/c1-11(2)8-15(17-9-14(18)10-19-3)12-4-6-13(16)7-5-12/h4-7,11,14-15,17-18H,8-10H2,1-3H3. The predicted molar refractivity (Wildman–Crippen MR) is 79.5 cm³/mol. The van der Waals surface area contributed by atoms with Crippen LogP contribution in [-0.4, -0.2) is 31.5 Å². The number of halogens is 1. The van der Waals surface area contributed by atoms with E-state index in [9.17, 15) is 5.11 Å². The number of hydrogen-bond donors (Lipinski definition) is 2. The van der Waals surface area contributed by atoms with Crippen molar-refractivity contribution in [2.24, 2.45) is 5.92 Å². The third-order valence-corrected chi connectivity index (χ3v) is 3.19. The van der Waals surface area contributed by atoms with Gasteiger partial charge in [-0.25, -0.2) is 0 Å². The summed E-state index contributed by atoms with van der Waals surface area (Å²) in [5, 5.41) is 13.9. The van der Waals surface area contributed by atoms with Crippen LogP contribution in [0.25, 0.3) is 0 Å². The molecular weight excluding hydrogens is 262 g/mol. The van der Waals surface area contributed by atoms with Gasteiger partial charge < -0.3 is 15.2 Å². The first-order valence-corrected chi connectivity index (χ1v) is 7.06. The van der Waals surface area contributed by atoms with Crippen LogP contribution in [0.3, 0.4) is 0 Å². The highest BCUT2D eigenvalue weighted by Crippen LogP contribution is 2.22. The maximum absolute atomic E-state index is 9.71. The van der Waals surface area contributed by atoms with Gasteiger partial charge in [0, 0.05) is 24.7 Å². The Kier molecular flexibility index (Phi) is 7.39. The highest BCUT2D eigenvalue weighted by molar-refractivity contribution is 6.30. The van der Waals surface area contributed by atoms with E-state index in [4.69, 9.17) is 16.3 Å². The SMILES string of the molecule is COCC(O)CNC(CC(C)C)c1ccc(Cl)cc1. The molecular formula is C15H24ClNO2. The van der Waals surface area contributed by atoms with Gasteiger partial charge in [0.25, 0.3) is 0 Å². The maximum atomic E-state index is 9.71. The van der Waals surface area contributed by atoms with Gasteiger partial charge in [-0.05, 0) is 30.0 Å². The van der Waals surface area contributed by atoms with E-state index >= 15 is 0 Å². The van der Waals surface area contributed by atoms with Crippen molar-refractivity contribution >= 4 is 11.6 Å². The highest BCUT2D eigenvalue weighted by atomic mass is 35.5. The Morgan fingerprint density at radius 3 is 2.42 bits per heavy atom. The van der Waals surface area contributed by atoms with Gasteiger partial charge in [-0.3, -0.25) is 0 Å². The first kappa shape index (κ1) is 16.4. The molecule has 0 aliphatic heterocycles. The molecule has 0 saturated heterocycles. The lowest BCUT2D eigenvalue weighted by molar-refractivity contribution is 0.0621. The molecule has 2 unspecified atom stereocenters. The largest absolute Gasteiger partial charge is 0.389 e. The van der Waals surface area contributed by atoms with E-state index in [1.54, 1.807) is 7.11 Å². The number of hydrogen-bond acceptors (Lipinski definition) is 3. The first-order chi connectivity index (χ1) is 9.02. The molecule has 108 valence electrons. The van der Waals surface area contributed by atoms with Crippen LogP contribution >= 0.6 is 11.6 Å². The molecule has 1 rings (SSSR count). The van der Waals surface area contributed by atoms with Crippen LogP contribution in [0.15, 0.2) is 24.3 Å². The van der Waals surface area contributed by atoms with Crippen molar-refractivity contribution in [2.45, 2.75) is 32.4 Å². The second-order valence-corrected chi connectivity index (χ2v) is 5.69. The second kappa shape index (κ2) is 8.54. The Morgan fingerprint density at radius 1 is 1.26 bits per heavy atom. The molecule has 0 aromatic heterocycles. The number of aliphatic hydroxyl groups excluding tert-OH is 1. The molecule has 3 nitrogen and oxygen atoms in total. The quantitative estimate of drug-likeness (QED) is 0.771. The summed E-state index contributed by atoms with van der Waals surface area (Å²) in [6, 6.07) is 8.09. The molecule has 0 spiro atoms. The third-order valence-electron chi connectivity index (χ3n) is 2.94. The van der Waals surface area contributed by atoms with E-state index in [1.807, 2.05) is 24.3 Å². The van der Waals surface area contributed by atoms with Crippen molar-refractivity contribution in [2.75, 3.05) is 20.3 Å². The van der Waals surface area contributed by atoms with Crippen LogP contribution in [0.5, 0.6) is 0 Å². The first-order valence-electron chi connectivity index (χ1n) is 6.68. The molecule has 4 heteroatoms. The molecule has 0 aliphatic carbocycles. The molecule has 0 fully saturated rings. The average Bonchev–Trinajstić information content (AvgIpc) is 2.35. The van der Waals surface area contributed by atoms with Crippen molar-refractivity contribution in [3.63, 3.8) is 0 Å². The van der Waals surface area contributed by atoms with Gasteiger partial charge in [-0.2, -0.15) is 0 Å². The number of rotatable bonds is 8. The van der Waals surface area contributed by atoms with Crippen LogP contribution in [-0.2, 0) is 4.74 Å². The Morgan fingerprint density at radius 2 is 1.89 bits per heavy atom. The van der Waals surface area contributed by atoms with E-state index in [1.165, 1.54) is 5.56 Å². The second-order valence-electron chi connectivity index (χ2n) is 5.25. The normalized spacial score (nSPS) is 14.6. The fraction of sp³-hybridized carbons (Fsp3) is 0.600. The lowest BCUT2D eigenvalue weighted by Gasteiger charge is -2.23. The smallest absolute Gasteiger partial charge is 0.0897 e. The summed E-state index contributed by atoms with van der Waals surface area (Å²) in [5.41, 5.74) is 1.20. The fourth-order valence-corrected chi connectivity index (χ4v) is 2.16. The van der Waals surface area contributed by atoms with Crippen molar-refractivity contribution < 1.29 is 9.84 Å². The molecule has 0 amide bonds. The number of methoxy groups -OCH3 is 1. The Bertz CT molecular complexity index is 354. The van der Waals surface area contributed by atoms with Crippen LogP contribution in [0, 0.1) is 5.92 Å². The summed E-state index contributed by atoms with van der Waals surface area (Å²) < 4.78 is 4.93. The van der Waals surface area contributed by atoms with Gasteiger partial charge in [0.15, 0.2) is 0 Å². The van der Waals surface area contributed by atoms with Crippen molar-refractivity contribution in [3.05, 3.63) is 34.9 Å². The van der Waals surface area contributed by atoms with Gasteiger partial charge in [-0.15, -0.1) is 0 Å². The van der Waals surface area contributed by atoms with Crippen LogP contribution in [0.1, 0.15) is 31.9 Å². The molecule has 19 heavy (non-hydrogen) atoms. The van der Waals surface area contributed by atoms with Crippen LogP contribution in [0.4, 0.5) is 0 Å². The van der Waals surface area contributed by atoms with Crippen LogP contribution in [0.2, 0.25) is 5.02 Å². The summed E-state index contributed by atoms with van der Waals surface area (Å²) in [4.78, 5) is 0. The molecule has 1 aromatic rings. The molecule has 0 heterocycles. The third kappa shape index (κ3) is 6.39. The predicted octanol–water partition coefficient (Wildman–Crippen LogP) is 3.02. The van der Waals surface area contributed by atoms with Gasteiger partial charge in [0.2, 0.25) is 0 Å². The minimum absolute atomic E-state index is 0.226. The summed E-state index contributed by atoms with van der Waals surface area (Å²) in [7, 11) is 1.59.